The zero-order valence-electron chi connectivity index (χ0n) is 16.5. The number of hydrogen-bond donors (Lipinski definition) is 2. The summed E-state index contributed by atoms with van der Waals surface area (Å²) in [7, 11) is 2.19. The summed E-state index contributed by atoms with van der Waals surface area (Å²) in [6.45, 7) is 16.4. The van der Waals surface area contributed by atoms with Gasteiger partial charge in [0, 0.05) is 38.3 Å². The van der Waals surface area contributed by atoms with Crippen LogP contribution in [0.5, 0.6) is 0 Å². The molecule has 0 bridgehead atoms. The number of nitrogens with one attached hydrogen (secondary N) is 2. The zero-order valence-corrected chi connectivity index (χ0v) is 16.5. The Labute approximate surface area is 149 Å². The Morgan fingerprint density at radius 2 is 1.88 bits per heavy atom. The molecule has 1 heterocycles. The molecule has 0 aromatic rings. The van der Waals surface area contributed by atoms with Crippen LogP contribution in [0.2, 0.25) is 0 Å². The van der Waals surface area contributed by atoms with Crippen LogP contribution in [0.4, 0.5) is 0 Å². The molecule has 1 saturated heterocycles. The topological polar surface area (TPSA) is 52.1 Å². The normalized spacial score (nSPS) is 18.2. The summed E-state index contributed by atoms with van der Waals surface area (Å²) in [6, 6.07) is 1.09. The van der Waals surface area contributed by atoms with Crippen molar-refractivity contribution in [1.29, 1.82) is 0 Å². The van der Waals surface area contributed by atoms with Gasteiger partial charge in [0.05, 0.1) is 19.8 Å². The SMILES string of the molecule is CCNC(=NCC(C)N1CCOCC1)NCCCCN(C)C(C)C. The number of ether oxygens (including phenoxy) is 1. The minimum absolute atomic E-state index is 0.462. The summed E-state index contributed by atoms with van der Waals surface area (Å²) in [5, 5.41) is 6.80. The van der Waals surface area contributed by atoms with Crippen molar-refractivity contribution in [1.82, 2.24) is 20.4 Å². The molecule has 1 unspecified atom stereocenters. The molecule has 6 heteroatoms. The minimum Gasteiger partial charge on any atom is -0.379 e. The first-order valence-electron chi connectivity index (χ1n) is 9.58. The number of morpholine rings is 1. The van der Waals surface area contributed by atoms with Crippen LogP contribution in [0, 0.1) is 0 Å². The lowest BCUT2D eigenvalue weighted by Crippen LogP contribution is -2.44. The molecule has 0 aliphatic carbocycles. The van der Waals surface area contributed by atoms with Gasteiger partial charge in [-0.15, -0.1) is 0 Å². The second-order valence-electron chi connectivity index (χ2n) is 6.93. The maximum absolute atomic E-state index is 5.42. The van der Waals surface area contributed by atoms with E-state index in [1.54, 1.807) is 0 Å². The van der Waals surface area contributed by atoms with E-state index >= 15 is 0 Å². The Morgan fingerprint density at radius 3 is 2.50 bits per heavy atom. The van der Waals surface area contributed by atoms with Gasteiger partial charge in [0.2, 0.25) is 0 Å². The Bertz CT molecular complexity index is 342. The smallest absolute Gasteiger partial charge is 0.191 e. The average molecular weight is 342 g/mol. The molecule has 1 rings (SSSR count). The fourth-order valence-electron chi connectivity index (χ4n) is 2.65. The van der Waals surface area contributed by atoms with E-state index in [9.17, 15) is 0 Å². The van der Waals surface area contributed by atoms with Crippen molar-refractivity contribution in [3.05, 3.63) is 0 Å². The molecular weight excluding hydrogens is 302 g/mol. The number of aliphatic imine (C=N–C) groups is 1. The van der Waals surface area contributed by atoms with Gasteiger partial charge in [-0.2, -0.15) is 0 Å². The average Bonchev–Trinajstić information content (AvgIpc) is 2.59. The molecule has 142 valence electrons. The Balaban J connectivity index is 2.26. The highest BCUT2D eigenvalue weighted by molar-refractivity contribution is 5.79. The Morgan fingerprint density at radius 1 is 1.17 bits per heavy atom. The highest BCUT2D eigenvalue weighted by Gasteiger charge is 2.16. The zero-order chi connectivity index (χ0) is 17.8. The Kier molecular flexibility index (Phi) is 11.0. The summed E-state index contributed by atoms with van der Waals surface area (Å²) in [5.41, 5.74) is 0. The molecule has 6 nitrogen and oxygen atoms in total. The van der Waals surface area contributed by atoms with Crippen molar-refractivity contribution in [2.75, 3.05) is 59.5 Å². The fourth-order valence-corrected chi connectivity index (χ4v) is 2.65. The van der Waals surface area contributed by atoms with E-state index in [0.29, 0.717) is 12.1 Å². The van der Waals surface area contributed by atoms with Crippen LogP contribution in [0.3, 0.4) is 0 Å². The third-order valence-electron chi connectivity index (χ3n) is 4.64. The third kappa shape index (κ3) is 8.85. The van der Waals surface area contributed by atoms with E-state index in [1.165, 1.54) is 12.8 Å². The van der Waals surface area contributed by atoms with Gasteiger partial charge in [0.25, 0.3) is 0 Å². The largest absolute Gasteiger partial charge is 0.379 e. The fraction of sp³-hybridized carbons (Fsp3) is 0.944. The molecule has 0 radical (unpaired) electrons. The standard InChI is InChI=1S/C18H39N5O/c1-6-19-18(20-9-7-8-10-22(5)16(2)3)21-15-17(4)23-11-13-24-14-12-23/h16-17H,6-15H2,1-5H3,(H2,19,20,21). The summed E-state index contributed by atoms with van der Waals surface area (Å²) >= 11 is 0. The quantitative estimate of drug-likeness (QED) is 0.357. The molecule has 24 heavy (non-hydrogen) atoms. The van der Waals surface area contributed by atoms with Crippen LogP contribution in [-0.4, -0.2) is 87.4 Å². The molecule has 0 aromatic heterocycles. The molecule has 1 aliphatic heterocycles. The van der Waals surface area contributed by atoms with Crippen LogP contribution in [0.25, 0.3) is 0 Å². The maximum Gasteiger partial charge on any atom is 0.191 e. The van der Waals surface area contributed by atoms with Gasteiger partial charge in [0.1, 0.15) is 0 Å². The lowest BCUT2D eigenvalue weighted by molar-refractivity contribution is 0.0220. The van der Waals surface area contributed by atoms with Gasteiger partial charge in [-0.05, 0) is 54.1 Å². The number of nitrogens with zero attached hydrogens (tertiary/aromatic N) is 3. The highest BCUT2D eigenvalue weighted by Crippen LogP contribution is 2.03. The Hall–Kier alpha value is -0.850. The first-order chi connectivity index (χ1) is 11.5. The van der Waals surface area contributed by atoms with E-state index in [1.807, 2.05) is 0 Å². The van der Waals surface area contributed by atoms with Crippen LogP contribution < -0.4 is 10.6 Å². The molecule has 1 aliphatic rings. The number of hydrogen-bond acceptors (Lipinski definition) is 4. The molecule has 0 saturated carbocycles. The molecular formula is C18H39N5O. The van der Waals surface area contributed by atoms with Crippen LogP contribution in [-0.2, 0) is 4.74 Å². The number of unbranched alkanes of at least 4 members (excludes halogenated alkanes) is 1. The summed E-state index contributed by atoms with van der Waals surface area (Å²) in [5.74, 6) is 0.940. The predicted octanol–water partition coefficient (Wildman–Crippen LogP) is 1.38. The van der Waals surface area contributed by atoms with Gasteiger partial charge in [-0.1, -0.05) is 0 Å². The van der Waals surface area contributed by atoms with Gasteiger partial charge < -0.3 is 20.3 Å². The predicted molar refractivity (Wildman–Crippen MR) is 103 cm³/mol. The second-order valence-corrected chi connectivity index (χ2v) is 6.93. The van der Waals surface area contributed by atoms with Crippen molar-refractivity contribution >= 4 is 5.96 Å². The van der Waals surface area contributed by atoms with Crippen molar-refractivity contribution in [3.63, 3.8) is 0 Å². The van der Waals surface area contributed by atoms with E-state index in [4.69, 9.17) is 9.73 Å². The highest BCUT2D eigenvalue weighted by atomic mass is 16.5. The first kappa shape index (κ1) is 21.2. The molecule has 1 fully saturated rings. The lowest BCUT2D eigenvalue weighted by atomic mass is 10.2. The van der Waals surface area contributed by atoms with E-state index in [2.05, 4.69) is 55.2 Å². The minimum atomic E-state index is 0.462. The molecule has 0 aromatic carbocycles. The van der Waals surface area contributed by atoms with Crippen molar-refractivity contribution < 1.29 is 4.74 Å². The third-order valence-corrected chi connectivity index (χ3v) is 4.64. The molecule has 0 spiro atoms. The lowest BCUT2D eigenvalue weighted by Gasteiger charge is -2.31. The molecule has 2 N–H and O–H groups in total. The molecule has 1 atom stereocenters. The van der Waals surface area contributed by atoms with Gasteiger partial charge in [-0.3, -0.25) is 9.89 Å². The monoisotopic (exact) mass is 341 g/mol. The first-order valence-corrected chi connectivity index (χ1v) is 9.58. The molecule has 0 amide bonds. The van der Waals surface area contributed by atoms with Gasteiger partial charge in [-0.25, -0.2) is 0 Å². The second kappa shape index (κ2) is 12.5. The maximum atomic E-state index is 5.42. The summed E-state index contributed by atoms with van der Waals surface area (Å²) in [4.78, 5) is 9.60. The number of rotatable bonds is 10. The summed E-state index contributed by atoms with van der Waals surface area (Å²) in [6.07, 6.45) is 2.38. The number of guanidine groups is 1. The summed E-state index contributed by atoms with van der Waals surface area (Å²) < 4.78 is 5.42. The van der Waals surface area contributed by atoms with Crippen LogP contribution in [0.15, 0.2) is 4.99 Å². The van der Waals surface area contributed by atoms with Crippen molar-refractivity contribution in [3.8, 4) is 0 Å². The van der Waals surface area contributed by atoms with Gasteiger partial charge >= 0.3 is 0 Å². The van der Waals surface area contributed by atoms with Gasteiger partial charge in [0.15, 0.2) is 5.96 Å². The van der Waals surface area contributed by atoms with Crippen molar-refractivity contribution in [2.45, 2.75) is 52.6 Å². The van der Waals surface area contributed by atoms with Crippen LogP contribution in [0.1, 0.15) is 40.5 Å². The van der Waals surface area contributed by atoms with Crippen molar-refractivity contribution in [2.24, 2.45) is 4.99 Å². The van der Waals surface area contributed by atoms with E-state index < -0.39 is 0 Å². The van der Waals surface area contributed by atoms with Crippen LogP contribution >= 0.6 is 0 Å². The van der Waals surface area contributed by atoms with E-state index in [-0.39, 0.29) is 0 Å². The van der Waals surface area contributed by atoms with E-state index in [0.717, 1.165) is 58.4 Å².